The van der Waals surface area contributed by atoms with Gasteiger partial charge in [0.15, 0.2) is 0 Å². The van der Waals surface area contributed by atoms with Crippen molar-refractivity contribution in [2.75, 3.05) is 5.32 Å². The van der Waals surface area contributed by atoms with Crippen LogP contribution in [0.25, 0.3) is 21.7 Å². The molecule has 3 aromatic heterocycles. The van der Waals surface area contributed by atoms with Crippen LogP contribution in [0.3, 0.4) is 0 Å². The van der Waals surface area contributed by atoms with Crippen LogP contribution in [0.4, 0.5) is 5.82 Å². The number of nitrogens with one attached hydrogen (secondary N) is 1. The molecule has 0 unspecified atom stereocenters. The van der Waals surface area contributed by atoms with Gasteiger partial charge in [-0.05, 0) is 29.7 Å². The lowest BCUT2D eigenvalue weighted by Gasteiger charge is -2.09. The van der Waals surface area contributed by atoms with Crippen LogP contribution in [0.15, 0.2) is 36.7 Å². The van der Waals surface area contributed by atoms with E-state index in [-0.39, 0.29) is 11.7 Å². The summed E-state index contributed by atoms with van der Waals surface area (Å²) in [7, 11) is 0. The summed E-state index contributed by atoms with van der Waals surface area (Å²) >= 11 is 7.55. The molecule has 0 saturated carbocycles. The number of hydrogen-bond acceptors (Lipinski definition) is 4. The zero-order valence-corrected chi connectivity index (χ0v) is 16.3. The Morgan fingerprint density at radius 1 is 1.42 bits per heavy atom. The highest BCUT2D eigenvalue weighted by Gasteiger charge is 2.18. The summed E-state index contributed by atoms with van der Waals surface area (Å²) in [6.07, 6.45) is 3.34. The van der Waals surface area contributed by atoms with Crippen LogP contribution in [0.2, 0.25) is 4.34 Å². The van der Waals surface area contributed by atoms with Crippen molar-refractivity contribution in [2.45, 2.75) is 27.3 Å². The molecular weight excluding hydrogens is 372 g/mol. The Labute approximate surface area is 160 Å². The monoisotopic (exact) mass is 390 g/mol. The molecule has 26 heavy (non-hydrogen) atoms. The van der Waals surface area contributed by atoms with Gasteiger partial charge in [-0.1, -0.05) is 25.4 Å². The summed E-state index contributed by atoms with van der Waals surface area (Å²) in [5.41, 5.74) is 2.49. The summed E-state index contributed by atoms with van der Waals surface area (Å²) in [5, 5.41) is 19.2. The van der Waals surface area contributed by atoms with Gasteiger partial charge in [-0.2, -0.15) is 5.10 Å². The molecule has 3 rings (SSSR count). The fourth-order valence-electron chi connectivity index (χ4n) is 2.65. The van der Waals surface area contributed by atoms with Gasteiger partial charge in [0.2, 0.25) is 0 Å². The second kappa shape index (κ2) is 7.47. The third-order valence-corrected chi connectivity index (χ3v) is 4.89. The van der Waals surface area contributed by atoms with E-state index in [9.17, 15) is 10.0 Å². The first-order valence-corrected chi connectivity index (χ1v) is 9.37. The van der Waals surface area contributed by atoms with Crippen LogP contribution in [0.5, 0.6) is 0 Å². The van der Waals surface area contributed by atoms with Crippen LogP contribution in [-0.2, 0) is 11.3 Å². The number of aromatic nitrogens is 3. The maximum absolute atomic E-state index is 11.9. The number of thiophene rings is 1. The first kappa shape index (κ1) is 18.4. The van der Waals surface area contributed by atoms with Crippen LogP contribution >= 0.6 is 22.9 Å². The minimum Gasteiger partial charge on any atom is -0.711 e. The maximum atomic E-state index is 11.9. The molecule has 136 valence electrons. The molecule has 1 amide bonds. The lowest BCUT2D eigenvalue weighted by molar-refractivity contribution is -0.589. The highest BCUT2D eigenvalue weighted by molar-refractivity contribution is 7.19. The van der Waals surface area contributed by atoms with Crippen LogP contribution in [0.1, 0.15) is 20.8 Å². The minimum absolute atomic E-state index is 0.182. The van der Waals surface area contributed by atoms with Crippen molar-refractivity contribution in [2.24, 2.45) is 5.92 Å². The summed E-state index contributed by atoms with van der Waals surface area (Å²) in [5.74, 6) is 0.325. The van der Waals surface area contributed by atoms with Gasteiger partial charge in [0.05, 0.1) is 15.4 Å². The van der Waals surface area contributed by atoms with E-state index in [1.165, 1.54) is 24.5 Å². The van der Waals surface area contributed by atoms with Gasteiger partial charge in [-0.25, -0.2) is 14.8 Å². The zero-order valence-electron chi connectivity index (χ0n) is 14.7. The van der Waals surface area contributed by atoms with E-state index in [0.717, 1.165) is 28.2 Å². The zero-order chi connectivity index (χ0) is 18.8. The number of carbonyl (C=O) groups is 1. The maximum Gasteiger partial charge on any atom is 0.304 e. The smallest absolute Gasteiger partial charge is 0.304 e. The van der Waals surface area contributed by atoms with Gasteiger partial charge in [0.1, 0.15) is 5.69 Å². The van der Waals surface area contributed by atoms with Gasteiger partial charge in [-0.3, -0.25) is 4.68 Å². The van der Waals surface area contributed by atoms with Gasteiger partial charge in [0.25, 0.3) is 5.82 Å². The van der Waals surface area contributed by atoms with E-state index >= 15 is 0 Å². The Morgan fingerprint density at radius 3 is 2.81 bits per heavy atom. The quantitative estimate of drug-likeness (QED) is 0.524. The Balaban J connectivity index is 2.11. The van der Waals surface area contributed by atoms with E-state index < -0.39 is 0 Å². The molecule has 3 aromatic rings. The topological polar surface area (TPSA) is 73.9 Å². The second-order valence-electron chi connectivity index (χ2n) is 6.42. The number of hydrogen-bond donors (Lipinski definition) is 1. The van der Waals surface area contributed by atoms with Crippen molar-refractivity contribution in [1.82, 2.24) is 9.78 Å². The van der Waals surface area contributed by atoms with E-state index in [1.54, 1.807) is 12.1 Å². The number of nitrogens with zero attached hydrogens (tertiary/aromatic N) is 3. The molecule has 1 N–H and O–H groups in total. The Bertz CT molecular complexity index is 949. The predicted octanol–water partition coefficient (Wildman–Crippen LogP) is 4.18. The molecule has 0 spiro atoms. The molecule has 0 fully saturated rings. The summed E-state index contributed by atoms with van der Waals surface area (Å²) in [6.45, 7) is 6.40. The average molecular weight is 391 g/mol. The number of pyridine rings is 1. The summed E-state index contributed by atoms with van der Waals surface area (Å²) in [6, 6.07) is 7.15. The molecular formula is C18H19ClN4O2S. The minimum atomic E-state index is -0.299. The third kappa shape index (κ3) is 4.05. The fourth-order valence-corrected chi connectivity index (χ4v) is 3.69. The lowest BCUT2D eigenvalue weighted by atomic mass is 10.1. The van der Waals surface area contributed by atoms with Crippen molar-refractivity contribution in [3.05, 3.63) is 46.2 Å². The Kier molecular flexibility index (Phi) is 5.29. The Morgan fingerprint density at radius 2 is 2.19 bits per heavy atom. The number of anilines is 1. The highest BCUT2D eigenvalue weighted by Crippen LogP contribution is 2.37. The van der Waals surface area contributed by atoms with Gasteiger partial charge in [-0.15, -0.1) is 11.3 Å². The standard InChI is InChI=1S/C18H19ClN4O2S/c1-11(2)9-22-10-14(18(21-22)15-4-5-16(19)26-15)13-6-7-23(25)17(8-13)20-12(3)24/h4-8,10-11H,9H2,1-3H3,(H,20,24). The van der Waals surface area contributed by atoms with Gasteiger partial charge in [0, 0.05) is 31.3 Å². The fraction of sp³-hybridized carbons (Fsp3) is 0.278. The first-order chi connectivity index (χ1) is 12.3. The summed E-state index contributed by atoms with van der Waals surface area (Å²) in [4.78, 5) is 12.3. The predicted molar refractivity (Wildman–Crippen MR) is 104 cm³/mol. The number of rotatable bonds is 5. The highest BCUT2D eigenvalue weighted by atomic mass is 35.5. The molecule has 0 aliphatic rings. The molecule has 0 aromatic carbocycles. The molecule has 0 bridgehead atoms. The summed E-state index contributed by atoms with van der Waals surface area (Å²) < 4.78 is 3.22. The van der Waals surface area contributed by atoms with E-state index in [1.807, 2.05) is 23.0 Å². The Hall–Kier alpha value is -2.38. The second-order valence-corrected chi connectivity index (χ2v) is 8.13. The van der Waals surface area contributed by atoms with Crippen molar-refractivity contribution in [3.63, 3.8) is 0 Å². The van der Waals surface area contributed by atoms with E-state index in [4.69, 9.17) is 16.7 Å². The SMILES string of the molecule is CC(=O)Nc1cc(-c2cn(CC(C)C)nc2-c2ccc(Cl)s2)cc[n+]1[O-]. The largest absolute Gasteiger partial charge is 0.711 e. The molecule has 8 heteroatoms. The number of carbonyl (C=O) groups excluding carboxylic acids is 1. The van der Waals surface area contributed by atoms with Crippen molar-refractivity contribution in [1.29, 1.82) is 0 Å². The van der Waals surface area contributed by atoms with Gasteiger partial charge < -0.3 is 5.21 Å². The average Bonchev–Trinajstić information content (AvgIpc) is 3.14. The van der Waals surface area contributed by atoms with Crippen molar-refractivity contribution >= 4 is 34.7 Å². The van der Waals surface area contributed by atoms with E-state index in [2.05, 4.69) is 19.2 Å². The number of amides is 1. The molecule has 0 atom stereocenters. The third-order valence-electron chi connectivity index (χ3n) is 3.65. The van der Waals surface area contributed by atoms with Gasteiger partial charge >= 0.3 is 5.91 Å². The van der Waals surface area contributed by atoms with Crippen LogP contribution < -0.4 is 10.0 Å². The first-order valence-electron chi connectivity index (χ1n) is 8.18. The van der Waals surface area contributed by atoms with E-state index in [0.29, 0.717) is 15.0 Å². The molecule has 0 aliphatic carbocycles. The van der Waals surface area contributed by atoms with Crippen LogP contribution in [0, 0.1) is 11.1 Å². The molecule has 0 aliphatic heterocycles. The van der Waals surface area contributed by atoms with Crippen molar-refractivity contribution < 1.29 is 9.52 Å². The van der Waals surface area contributed by atoms with Crippen LogP contribution in [-0.4, -0.2) is 15.7 Å². The molecule has 3 heterocycles. The molecule has 0 radical (unpaired) electrons. The molecule has 0 saturated heterocycles. The van der Waals surface area contributed by atoms with Crippen molar-refractivity contribution in [3.8, 4) is 21.7 Å². The normalized spacial score (nSPS) is 11.1. The lowest BCUT2D eigenvalue weighted by Crippen LogP contribution is -2.31. The molecule has 6 nitrogen and oxygen atoms in total. The number of halogens is 1.